The van der Waals surface area contributed by atoms with E-state index in [9.17, 15) is 0 Å². The van der Waals surface area contributed by atoms with Crippen molar-refractivity contribution in [3.8, 4) is 6.07 Å². The van der Waals surface area contributed by atoms with Gasteiger partial charge in [-0.3, -0.25) is 0 Å². The third kappa shape index (κ3) is 2.98. The lowest BCUT2D eigenvalue weighted by molar-refractivity contribution is 0.0598. The molecular weight excluding hydrogens is 196 g/mol. The fourth-order valence-electron chi connectivity index (χ4n) is 3.52. The highest BCUT2D eigenvalue weighted by Crippen LogP contribution is 2.35. The van der Waals surface area contributed by atoms with Gasteiger partial charge in [-0.1, -0.05) is 12.8 Å². The first-order valence-corrected chi connectivity index (χ1v) is 7.03. The van der Waals surface area contributed by atoms with Crippen molar-refractivity contribution in [2.24, 2.45) is 5.92 Å². The molecule has 0 aromatic carbocycles. The summed E-state index contributed by atoms with van der Waals surface area (Å²) in [6, 6.07) is 3.14. The molecule has 2 atom stereocenters. The monoisotopic (exact) mass is 220 g/mol. The van der Waals surface area contributed by atoms with Gasteiger partial charge in [0.25, 0.3) is 0 Å². The highest BCUT2D eigenvalue weighted by atomic mass is 15.2. The molecule has 0 amide bonds. The number of piperidine rings is 1. The highest BCUT2D eigenvalue weighted by molar-refractivity contribution is 4.87. The van der Waals surface area contributed by atoms with Gasteiger partial charge in [-0.05, 0) is 57.5 Å². The molecule has 1 aliphatic heterocycles. The lowest BCUT2D eigenvalue weighted by Gasteiger charge is -2.44. The summed E-state index contributed by atoms with van der Waals surface area (Å²) in [7, 11) is 0. The second-order valence-electron chi connectivity index (χ2n) is 5.41. The number of fused-ring (bicyclic) bond motifs is 1. The van der Waals surface area contributed by atoms with Gasteiger partial charge in [0.2, 0.25) is 0 Å². The molecule has 2 rings (SSSR count). The second kappa shape index (κ2) is 6.25. The fourth-order valence-corrected chi connectivity index (χ4v) is 3.52. The molecule has 0 aromatic rings. The molecule has 0 aromatic heterocycles. The Labute approximate surface area is 99.6 Å². The zero-order chi connectivity index (χ0) is 11.2. The lowest BCUT2D eigenvalue weighted by atomic mass is 9.78. The van der Waals surface area contributed by atoms with Crippen LogP contribution < -0.4 is 0 Å². The third-order valence-electron chi connectivity index (χ3n) is 4.34. The topological polar surface area (TPSA) is 27.0 Å². The van der Waals surface area contributed by atoms with Gasteiger partial charge in [0.05, 0.1) is 6.07 Å². The van der Waals surface area contributed by atoms with E-state index in [0.717, 1.165) is 24.8 Å². The van der Waals surface area contributed by atoms with Gasteiger partial charge in [0.1, 0.15) is 0 Å². The van der Waals surface area contributed by atoms with Crippen LogP contribution in [0.2, 0.25) is 0 Å². The first-order chi connectivity index (χ1) is 7.92. The van der Waals surface area contributed by atoms with Gasteiger partial charge in [0, 0.05) is 12.5 Å². The van der Waals surface area contributed by atoms with Crippen molar-refractivity contribution in [1.29, 1.82) is 5.26 Å². The van der Waals surface area contributed by atoms with Crippen LogP contribution in [0.4, 0.5) is 0 Å². The van der Waals surface area contributed by atoms with Gasteiger partial charge in [-0.15, -0.1) is 0 Å². The average molecular weight is 220 g/mol. The van der Waals surface area contributed by atoms with Crippen LogP contribution in [0, 0.1) is 17.2 Å². The van der Waals surface area contributed by atoms with E-state index >= 15 is 0 Å². The maximum atomic E-state index is 8.53. The van der Waals surface area contributed by atoms with E-state index in [1.807, 2.05) is 0 Å². The highest BCUT2D eigenvalue weighted by Gasteiger charge is 2.32. The van der Waals surface area contributed by atoms with Crippen molar-refractivity contribution in [2.75, 3.05) is 13.1 Å². The summed E-state index contributed by atoms with van der Waals surface area (Å²) in [5.41, 5.74) is 0. The standard InChI is InChI=1S/C14H24N2/c15-10-4-1-5-11-16-12-6-8-13-7-2-3-9-14(13)16/h13-14H,1-9,11-12H2. The van der Waals surface area contributed by atoms with E-state index in [4.69, 9.17) is 5.26 Å². The van der Waals surface area contributed by atoms with Gasteiger partial charge in [0.15, 0.2) is 0 Å². The molecule has 0 N–H and O–H groups in total. The van der Waals surface area contributed by atoms with Crippen LogP contribution in [-0.2, 0) is 0 Å². The molecule has 1 saturated carbocycles. The Balaban J connectivity index is 1.76. The van der Waals surface area contributed by atoms with Crippen LogP contribution in [0.1, 0.15) is 57.8 Å². The van der Waals surface area contributed by atoms with Gasteiger partial charge in [-0.25, -0.2) is 0 Å². The maximum Gasteiger partial charge on any atom is 0.0621 e. The molecule has 0 spiro atoms. The van der Waals surface area contributed by atoms with Crippen LogP contribution in [0.3, 0.4) is 0 Å². The number of rotatable bonds is 4. The van der Waals surface area contributed by atoms with E-state index in [-0.39, 0.29) is 0 Å². The summed E-state index contributed by atoms with van der Waals surface area (Å²) in [4.78, 5) is 2.73. The third-order valence-corrected chi connectivity index (χ3v) is 4.34. The van der Waals surface area contributed by atoms with Crippen LogP contribution >= 0.6 is 0 Å². The molecule has 90 valence electrons. The number of nitrogens with zero attached hydrogens (tertiary/aromatic N) is 2. The first-order valence-electron chi connectivity index (χ1n) is 7.03. The van der Waals surface area contributed by atoms with E-state index in [2.05, 4.69) is 11.0 Å². The van der Waals surface area contributed by atoms with E-state index in [1.54, 1.807) is 0 Å². The van der Waals surface area contributed by atoms with Crippen molar-refractivity contribution in [3.05, 3.63) is 0 Å². The van der Waals surface area contributed by atoms with Crippen LogP contribution in [0.5, 0.6) is 0 Å². The minimum Gasteiger partial charge on any atom is -0.300 e. The van der Waals surface area contributed by atoms with Crippen molar-refractivity contribution in [2.45, 2.75) is 63.8 Å². The molecule has 16 heavy (non-hydrogen) atoms. The molecule has 0 bridgehead atoms. The number of nitriles is 1. The smallest absolute Gasteiger partial charge is 0.0621 e. The number of likely N-dealkylation sites (tertiary alicyclic amines) is 1. The zero-order valence-corrected chi connectivity index (χ0v) is 10.3. The SMILES string of the molecule is N#CCCCCN1CCCC2CCCCC21. The quantitative estimate of drug-likeness (QED) is 0.679. The summed E-state index contributed by atoms with van der Waals surface area (Å²) in [6.07, 6.45) is 11.7. The lowest BCUT2D eigenvalue weighted by Crippen LogP contribution is -2.46. The summed E-state index contributed by atoms with van der Waals surface area (Å²) >= 11 is 0. The Morgan fingerprint density at radius 1 is 1.06 bits per heavy atom. The Morgan fingerprint density at radius 3 is 2.75 bits per heavy atom. The zero-order valence-electron chi connectivity index (χ0n) is 10.3. The molecule has 0 radical (unpaired) electrons. The molecule has 2 heteroatoms. The van der Waals surface area contributed by atoms with Crippen molar-refractivity contribution in [3.63, 3.8) is 0 Å². The normalized spacial score (nSPS) is 30.7. The molecule has 2 nitrogen and oxygen atoms in total. The fraction of sp³-hybridized carbons (Fsp3) is 0.929. The van der Waals surface area contributed by atoms with Gasteiger partial charge in [-0.2, -0.15) is 5.26 Å². The molecule has 2 unspecified atom stereocenters. The van der Waals surface area contributed by atoms with E-state index in [1.165, 1.54) is 58.0 Å². The second-order valence-corrected chi connectivity index (χ2v) is 5.41. The summed E-state index contributed by atoms with van der Waals surface area (Å²) < 4.78 is 0. The van der Waals surface area contributed by atoms with Gasteiger partial charge < -0.3 is 4.90 Å². The molecule has 1 saturated heterocycles. The minimum absolute atomic E-state index is 0.738. The van der Waals surface area contributed by atoms with Crippen LogP contribution in [0.15, 0.2) is 0 Å². The Bertz CT molecular complexity index is 242. The number of hydrogen-bond acceptors (Lipinski definition) is 2. The Hall–Kier alpha value is -0.550. The van der Waals surface area contributed by atoms with Crippen LogP contribution in [-0.4, -0.2) is 24.0 Å². The molecular formula is C14H24N2. The largest absolute Gasteiger partial charge is 0.300 e. The molecule has 2 fully saturated rings. The predicted octanol–water partition coefficient (Wildman–Crippen LogP) is 3.33. The predicted molar refractivity (Wildman–Crippen MR) is 66.0 cm³/mol. The Kier molecular flexibility index (Phi) is 4.66. The maximum absolute atomic E-state index is 8.53. The molecule has 1 heterocycles. The van der Waals surface area contributed by atoms with Crippen LogP contribution in [0.25, 0.3) is 0 Å². The van der Waals surface area contributed by atoms with Gasteiger partial charge >= 0.3 is 0 Å². The summed E-state index contributed by atoms with van der Waals surface area (Å²) in [6.45, 7) is 2.55. The average Bonchev–Trinajstić information content (AvgIpc) is 2.35. The Morgan fingerprint density at radius 2 is 1.88 bits per heavy atom. The molecule has 1 aliphatic carbocycles. The summed E-state index contributed by atoms with van der Waals surface area (Å²) in [5, 5.41) is 8.53. The first kappa shape index (κ1) is 11.9. The van der Waals surface area contributed by atoms with Crippen molar-refractivity contribution < 1.29 is 0 Å². The van der Waals surface area contributed by atoms with E-state index in [0.29, 0.717) is 0 Å². The number of hydrogen-bond donors (Lipinski definition) is 0. The van der Waals surface area contributed by atoms with E-state index < -0.39 is 0 Å². The number of unbranched alkanes of at least 4 members (excludes halogenated alkanes) is 2. The van der Waals surface area contributed by atoms with Crippen molar-refractivity contribution >= 4 is 0 Å². The molecule has 2 aliphatic rings. The minimum atomic E-state index is 0.738. The van der Waals surface area contributed by atoms with Crippen molar-refractivity contribution in [1.82, 2.24) is 4.90 Å². The summed E-state index contributed by atoms with van der Waals surface area (Å²) in [5.74, 6) is 0.999.